The predicted molar refractivity (Wildman–Crippen MR) is 49.7 cm³/mol. The van der Waals surface area contributed by atoms with Crippen LogP contribution in [-0.4, -0.2) is 15.6 Å². The Balaban J connectivity index is 2.97. The van der Waals surface area contributed by atoms with Crippen molar-refractivity contribution in [2.75, 3.05) is 0 Å². The smallest absolute Gasteiger partial charge is 0.323 e. The van der Waals surface area contributed by atoms with Crippen LogP contribution in [0.2, 0.25) is 0 Å². The lowest BCUT2D eigenvalue weighted by Crippen LogP contribution is -2.06. The Hall–Kier alpha value is -1.77. The van der Waals surface area contributed by atoms with Crippen LogP contribution in [0.3, 0.4) is 0 Å². The molecule has 0 amide bonds. The van der Waals surface area contributed by atoms with Gasteiger partial charge in [-0.1, -0.05) is 24.3 Å². The molecule has 0 radical (unpaired) electrons. The first-order valence-electron chi connectivity index (χ1n) is 3.95. The zero-order valence-electron chi connectivity index (χ0n) is 7.13. The number of rotatable bonds is 2. The van der Waals surface area contributed by atoms with Crippen molar-refractivity contribution in [2.24, 2.45) is 0 Å². The Morgan fingerprint density at radius 3 is 1.92 bits per heavy atom. The van der Waals surface area contributed by atoms with Gasteiger partial charge in [-0.15, -0.1) is 0 Å². The molecule has 3 heteroatoms. The van der Waals surface area contributed by atoms with Gasteiger partial charge in [0.05, 0.1) is 0 Å². The van der Waals surface area contributed by atoms with Crippen LogP contribution in [-0.2, 0) is 11.3 Å². The summed E-state index contributed by atoms with van der Waals surface area (Å²) in [5.41, 5.74) is 0. The average molecular weight is 177 g/mol. The van der Waals surface area contributed by atoms with Crippen LogP contribution in [0.25, 0.3) is 0 Å². The lowest BCUT2D eigenvalue weighted by molar-refractivity contribution is -0.137. The molecule has 0 fully saturated rings. The first kappa shape index (κ1) is 9.32. The normalized spacial score (nSPS) is 8.92. The van der Waals surface area contributed by atoms with Crippen LogP contribution in [0, 0.1) is 0 Å². The van der Waals surface area contributed by atoms with Gasteiger partial charge in [-0.2, -0.15) is 0 Å². The van der Waals surface area contributed by atoms with Crippen molar-refractivity contribution in [3.05, 3.63) is 48.8 Å². The van der Waals surface area contributed by atoms with Gasteiger partial charge in [0.2, 0.25) is 0 Å². The molecule has 0 aromatic carbocycles. The van der Waals surface area contributed by atoms with Gasteiger partial charge in [0.15, 0.2) is 0 Å². The molecule has 1 aromatic rings. The monoisotopic (exact) mass is 177 g/mol. The number of carboxylic acid groups (broad SMARTS) is 1. The highest BCUT2D eigenvalue weighted by Crippen LogP contribution is 1.86. The number of aromatic nitrogens is 1. The number of aliphatic carboxylic acids is 1. The first-order chi connectivity index (χ1) is 6.29. The summed E-state index contributed by atoms with van der Waals surface area (Å²) in [6.07, 6.45) is 3.43. The van der Waals surface area contributed by atoms with Crippen LogP contribution in [0.5, 0.6) is 0 Å². The van der Waals surface area contributed by atoms with Crippen LogP contribution in [0.4, 0.5) is 0 Å². The molecule has 0 atom stereocenters. The highest BCUT2D eigenvalue weighted by atomic mass is 16.4. The number of carbonyl (C=O) groups is 1. The maximum atomic E-state index is 10.4. The van der Waals surface area contributed by atoms with E-state index in [1.807, 2.05) is 24.3 Å². The summed E-state index contributed by atoms with van der Waals surface area (Å²) < 4.78 is 1.60. The van der Waals surface area contributed by atoms with Crippen molar-refractivity contribution in [1.82, 2.24) is 4.57 Å². The van der Waals surface area contributed by atoms with Gasteiger partial charge < -0.3 is 9.67 Å². The average Bonchev–Trinajstić information content (AvgIpc) is 2.17. The second-order valence-corrected chi connectivity index (χ2v) is 2.52. The first-order valence-corrected chi connectivity index (χ1v) is 3.95. The Morgan fingerprint density at radius 1 is 1.00 bits per heavy atom. The van der Waals surface area contributed by atoms with E-state index in [4.69, 9.17) is 5.11 Å². The molecule has 0 spiro atoms. The van der Waals surface area contributed by atoms with Crippen molar-refractivity contribution >= 4 is 5.97 Å². The summed E-state index contributed by atoms with van der Waals surface area (Å²) >= 11 is 0. The van der Waals surface area contributed by atoms with Gasteiger partial charge in [0, 0.05) is 12.4 Å². The fraction of sp³-hybridized carbons (Fsp3) is 0.100. The molecule has 0 aliphatic heterocycles. The van der Waals surface area contributed by atoms with E-state index in [0.29, 0.717) is 0 Å². The summed E-state index contributed by atoms with van der Waals surface area (Å²) in [5, 5.41) is 8.55. The van der Waals surface area contributed by atoms with Gasteiger partial charge in [0.1, 0.15) is 6.54 Å². The minimum absolute atomic E-state index is 0.0192. The molecule has 1 aromatic heterocycles. The third kappa shape index (κ3) is 3.96. The Morgan fingerprint density at radius 2 is 1.46 bits per heavy atom. The second-order valence-electron chi connectivity index (χ2n) is 2.52. The van der Waals surface area contributed by atoms with Crippen molar-refractivity contribution < 1.29 is 9.90 Å². The molecule has 0 unspecified atom stereocenters. The fourth-order valence-corrected chi connectivity index (χ4v) is 0.888. The number of nitrogens with zero attached hydrogens (tertiary/aromatic N) is 1. The summed E-state index contributed by atoms with van der Waals surface area (Å²) in [5.74, 6) is -0.846. The highest BCUT2D eigenvalue weighted by molar-refractivity contribution is 5.66. The maximum absolute atomic E-state index is 10.4. The van der Waals surface area contributed by atoms with Crippen molar-refractivity contribution in [3.8, 4) is 0 Å². The minimum Gasteiger partial charge on any atom is -0.480 e. The van der Waals surface area contributed by atoms with E-state index in [1.165, 1.54) is 0 Å². The van der Waals surface area contributed by atoms with E-state index in [2.05, 4.69) is 0 Å². The van der Waals surface area contributed by atoms with Gasteiger partial charge in [-0.3, -0.25) is 4.79 Å². The second kappa shape index (κ2) is 4.98. The third-order valence-corrected chi connectivity index (χ3v) is 1.43. The third-order valence-electron chi connectivity index (χ3n) is 1.43. The number of hydrogen-bond donors (Lipinski definition) is 1. The largest absolute Gasteiger partial charge is 0.480 e. The lowest BCUT2D eigenvalue weighted by atomic mass is 10.5. The molecule has 13 heavy (non-hydrogen) atoms. The van der Waals surface area contributed by atoms with Crippen molar-refractivity contribution in [3.63, 3.8) is 0 Å². The molecule has 0 aliphatic rings. The molecule has 3 nitrogen and oxygen atoms in total. The number of carboxylic acids is 1. The Labute approximate surface area is 76.6 Å². The zero-order valence-corrected chi connectivity index (χ0v) is 7.13. The molecule has 68 valence electrons. The molecule has 0 aliphatic carbocycles. The summed E-state index contributed by atoms with van der Waals surface area (Å²) in [4.78, 5) is 10.4. The van der Waals surface area contributed by atoms with Gasteiger partial charge in [-0.25, -0.2) is 0 Å². The van der Waals surface area contributed by atoms with E-state index >= 15 is 0 Å². The van der Waals surface area contributed by atoms with E-state index in [9.17, 15) is 4.79 Å². The molecule has 0 bridgehead atoms. The van der Waals surface area contributed by atoms with Crippen molar-refractivity contribution in [1.29, 1.82) is 0 Å². The molecule has 1 heterocycles. The van der Waals surface area contributed by atoms with Crippen LogP contribution in [0.1, 0.15) is 0 Å². The van der Waals surface area contributed by atoms with Crippen LogP contribution < -0.4 is 0 Å². The Bertz CT molecular complexity index is 305. The SMILES string of the molecule is O=C(O)Cn1cccccccc1. The van der Waals surface area contributed by atoms with Crippen molar-refractivity contribution in [2.45, 2.75) is 6.54 Å². The molecule has 0 saturated carbocycles. The van der Waals surface area contributed by atoms with Crippen LogP contribution >= 0.6 is 0 Å². The quantitative estimate of drug-likeness (QED) is 0.747. The maximum Gasteiger partial charge on any atom is 0.323 e. The van der Waals surface area contributed by atoms with E-state index in [-0.39, 0.29) is 6.54 Å². The predicted octanol–water partition coefficient (Wildman–Crippen LogP) is 1.70. The molecule has 1 N–H and O–H groups in total. The topological polar surface area (TPSA) is 42.2 Å². The fourth-order valence-electron chi connectivity index (χ4n) is 0.888. The zero-order chi connectivity index (χ0) is 9.52. The van der Waals surface area contributed by atoms with Crippen LogP contribution in [0.15, 0.2) is 48.8 Å². The lowest BCUT2D eigenvalue weighted by Gasteiger charge is -1.96. The van der Waals surface area contributed by atoms with Gasteiger partial charge in [0.25, 0.3) is 0 Å². The van der Waals surface area contributed by atoms with E-state index in [0.717, 1.165) is 0 Å². The molecular weight excluding hydrogens is 166 g/mol. The molecule has 0 saturated heterocycles. The highest BCUT2D eigenvalue weighted by Gasteiger charge is 1.92. The summed E-state index contributed by atoms with van der Waals surface area (Å²) in [6, 6.07) is 11.0. The van der Waals surface area contributed by atoms with E-state index in [1.54, 1.807) is 29.1 Å². The number of hydrogen-bond acceptors (Lipinski definition) is 1. The summed E-state index contributed by atoms with van der Waals surface area (Å²) in [7, 11) is 0. The molecule has 1 rings (SSSR count). The minimum atomic E-state index is -0.846. The Kier molecular flexibility index (Phi) is 3.57. The molecular formula is C10H11NO2. The van der Waals surface area contributed by atoms with Gasteiger partial charge in [-0.05, 0) is 12.1 Å². The standard InChI is InChI=1S/C10H11NO2/c12-10(13)9-11-7-5-3-1-2-4-6-8-11/h1-8H,9H2,(H,12,13). The summed E-state index contributed by atoms with van der Waals surface area (Å²) in [6.45, 7) is -0.0192. The van der Waals surface area contributed by atoms with Gasteiger partial charge >= 0.3 is 5.97 Å². The van der Waals surface area contributed by atoms with E-state index < -0.39 is 5.97 Å².